The summed E-state index contributed by atoms with van der Waals surface area (Å²) in [6.45, 7) is 5.85. The minimum absolute atomic E-state index is 0.181. The van der Waals surface area contributed by atoms with Crippen LogP contribution in [-0.2, 0) is 38.4 Å². The van der Waals surface area contributed by atoms with Crippen molar-refractivity contribution in [2.45, 2.75) is 69.5 Å². The van der Waals surface area contributed by atoms with E-state index in [1.54, 1.807) is 57.8 Å². The van der Waals surface area contributed by atoms with Crippen molar-refractivity contribution in [1.82, 2.24) is 19.5 Å². The molecule has 346 valence electrons. The third-order valence-electron chi connectivity index (χ3n) is 12.1. The van der Waals surface area contributed by atoms with E-state index in [0.717, 1.165) is 16.7 Å². The van der Waals surface area contributed by atoms with Crippen LogP contribution in [0.2, 0.25) is 0 Å². The van der Waals surface area contributed by atoms with Crippen molar-refractivity contribution in [2.24, 2.45) is 5.41 Å². The molecule has 16 nitrogen and oxygen atoms in total. The van der Waals surface area contributed by atoms with Gasteiger partial charge in [0.25, 0.3) is 0 Å². The number of aromatic nitrogens is 4. The lowest BCUT2D eigenvalue weighted by molar-refractivity contribution is -0.274. The molecule has 5 atom stereocenters. The largest absolute Gasteiger partial charge is 0.695 e. The van der Waals surface area contributed by atoms with E-state index in [9.17, 15) is 18.6 Å². The molecule has 0 aliphatic carbocycles. The summed E-state index contributed by atoms with van der Waals surface area (Å²) in [5, 5.41) is 2.86. The Kier molecular flexibility index (Phi) is 13.8. The lowest BCUT2D eigenvalue weighted by Crippen LogP contribution is -2.52. The van der Waals surface area contributed by atoms with E-state index in [0.29, 0.717) is 30.3 Å². The van der Waals surface area contributed by atoms with Gasteiger partial charge >= 0.3 is 8.25 Å². The molecular formula is C48H53FN6O10P+. The van der Waals surface area contributed by atoms with Crippen molar-refractivity contribution >= 4 is 36.8 Å². The summed E-state index contributed by atoms with van der Waals surface area (Å²) in [5.74, 6) is -0.459. The van der Waals surface area contributed by atoms with Crippen molar-refractivity contribution in [2.75, 3.05) is 51.2 Å². The number of nitrogens with zero attached hydrogens (tertiary/aromatic N) is 5. The molecule has 8 rings (SSSR count). The van der Waals surface area contributed by atoms with Crippen LogP contribution in [0.4, 0.5) is 15.9 Å². The molecule has 2 N–H and O–H groups in total. The van der Waals surface area contributed by atoms with Crippen LogP contribution in [0.25, 0.3) is 11.2 Å². The predicted octanol–water partition coefficient (Wildman–Crippen LogP) is 7.94. The van der Waals surface area contributed by atoms with Gasteiger partial charge in [0.1, 0.15) is 41.5 Å². The van der Waals surface area contributed by atoms with E-state index in [1.165, 1.54) is 25.8 Å². The average molecular weight is 924 g/mol. The highest BCUT2D eigenvalue weighted by molar-refractivity contribution is 7.32. The summed E-state index contributed by atoms with van der Waals surface area (Å²) >= 11 is 0. The lowest BCUT2D eigenvalue weighted by Gasteiger charge is -2.43. The van der Waals surface area contributed by atoms with E-state index in [4.69, 9.17) is 32.9 Å². The second-order valence-corrected chi connectivity index (χ2v) is 17.8. The molecule has 66 heavy (non-hydrogen) atoms. The van der Waals surface area contributed by atoms with Crippen LogP contribution in [0.1, 0.15) is 56.5 Å². The van der Waals surface area contributed by atoms with Crippen LogP contribution < -0.4 is 19.7 Å². The highest BCUT2D eigenvalue weighted by atomic mass is 31.1. The average Bonchev–Trinajstić information content (AvgIpc) is 3.91. The van der Waals surface area contributed by atoms with Gasteiger partial charge in [0.05, 0.1) is 32.8 Å². The number of benzene rings is 4. The summed E-state index contributed by atoms with van der Waals surface area (Å²) in [7, 11) is 1.46. The summed E-state index contributed by atoms with van der Waals surface area (Å²) in [6, 6.07) is 31.3. The Balaban J connectivity index is 1.22. The Morgan fingerprint density at radius 1 is 0.848 bits per heavy atom. The minimum atomic E-state index is -3.25. The lowest BCUT2D eigenvalue weighted by atomic mass is 9.80. The highest BCUT2D eigenvalue weighted by Crippen LogP contribution is 2.46. The van der Waals surface area contributed by atoms with Gasteiger partial charge in [-0.2, -0.15) is 0 Å². The fraction of sp³-hybridized carbons (Fsp3) is 0.375. The molecule has 1 unspecified atom stereocenters. The van der Waals surface area contributed by atoms with Crippen LogP contribution in [0, 0.1) is 11.2 Å². The van der Waals surface area contributed by atoms with E-state index < -0.39 is 49.6 Å². The number of para-hydroxylation sites is 1. The van der Waals surface area contributed by atoms with Crippen LogP contribution in [-0.4, -0.2) is 95.4 Å². The fourth-order valence-corrected chi connectivity index (χ4v) is 9.01. The van der Waals surface area contributed by atoms with Gasteiger partial charge in [-0.05, 0) is 53.1 Å². The van der Waals surface area contributed by atoms with Crippen molar-refractivity contribution in [3.63, 3.8) is 0 Å². The first-order valence-electron chi connectivity index (χ1n) is 21.5. The van der Waals surface area contributed by atoms with Gasteiger partial charge in [-0.25, -0.2) is 19.3 Å². The Morgan fingerprint density at radius 3 is 2.03 bits per heavy atom. The molecule has 2 aliphatic heterocycles. The summed E-state index contributed by atoms with van der Waals surface area (Å²) in [5.41, 5.74) is 1.22. The molecule has 2 fully saturated rings. The maximum absolute atomic E-state index is 15.0. The van der Waals surface area contributed by atoms with E-state index in [2.05, 4.69) is 20.3 Å². The fourth-order valence-electron chi connectivity index (χ4n) is 8.54. The smallest absolute Gasteiger partial charge is 0.497 e. The quantitative estimate of drug-likeness (QED) is 0.0543. The maximum atomic E-state index is 15.0. The van der Waals surface area contributed by atoms with Crippen LogP contribution in [0.15, 0.2) is 116 Å². The SMILES string of the molecule is COc1ccc(C(OC[C@H]2O[C@@H](n3cnc4c(NC(=O)C(C)(C)C)ncnc43)[C@H](OC3(OC)CCN(c4ccccc4F)CC3)[C@@H]2O[P+](=O)O)(c2ccccc2)c2ccc(OC)cc2)cc1. The molecule has 2 aliphatic rings. The van der Waals surface area contributed by atoms with Crippen LogP contribution in [0.3, 0.4) is 0 Å². The van der Waals surface area contributed by atoms with E-state index in [-0.39, 0.29) is 48.2 Å². The Hall–Kier alpha value is -5.91. The van der Waals surface area contributed by atoms with Gasteiger partial charge < -0.3 is 38.6 Å². The molecular weight excluding hydrogens is 871 g/mol. The van der Waals surface area contributed by atoms with Crippen molar-refractivity contribution in [3.05, 3.63) is 138 Å². The minimum Gasteiger partial charge on any atom is -0.497 e. The molecule has 0 saturated carbocycles. The number of carbonyl (C=O) groups is 1. The molecule has 4 aromatic carbocycles. The zero-order chi connectivity index (χ0) is 46.6. The number of fused-ring (bicyclic) bond motifs is 1. The third-order valence-corrected chi connectivity index (χ3v) is 12.5. The van der Waals surface area contributed by atoms with Crippen LogP contribution in [0.5, 0.6) is 11.5 Å². The van der Waals surface area contributed by atoms with E-state index in [1.807, 2.05) is 83.8 Å². The maximum Gasteiger partial charge on any atom is 0.695 e. The number of ether oxygens (including phenoxy) is 6. The van der Waals surface area contributed by atoms with Crippen molar-refractivity contribution < 1.29 is 51.6 Å². The number of anilines is 2. The Bertz CT molecular complexity index is 2580. The number of piperidine rings is 1. The summed E-state index contributed by atoms with van der Waals surface area (Å²) in [6.07, 6.45) is -1.31. The standard InChI is InChI=1S/C48H52FN6O10P/c1-46(2,3)45(56)53-42-39-43(51-29-50-42)55(30-52-39)44-41(64-47(61-6)24-26-54(27-25-47)37-15-11-10-14-36(37)49)40(65-66(57)58)38(63-44)28-62-48(31-12-8-7-9-13-31,32-16-20-34(59-4)21-17-32)33-18-22-35(60-5)23-19-33/h7-23,29-30,38,40-41,44H,24-28H2,1-6H3,(H-,50,51,53,56,57,58)/p+1/t38-,40-,41-,44-/m1/s1. The molecule has 0 radical (unpaired) electrons. The van der Waals surface area contributed by atoms with E-state index >= 15 is 0 Å². The van der Waals surface area contributed by atoms with Crippen molar-refractivity contribution in [1.29, 1.82) is 0 Å². The van der Waals surface area contributed by atoms with Gasteiger partial charge in [0, 0.05) is 43.0 Å². The zero-order valence-electron chi connectivity index (χ0n) is 37.5. The molecule has 6 aromatic rings. The monoisotopic (exact) mass is 923 g/mol. The number of carbonyl (C=O) groups excluding carboxylic acids is 1. The first kappa shape index (κ1) is 46.6. The zero-order valence-corrected chi connectivity index (χ0v) is 38.4. The number of hydrogen-bond acceptors (Lipinski definition) is 13. The highest BCUT2D eigenvalue weighted by Gasteiger charge is 2.56. The topological polar surface area (TPSA) is 178 Å². The van der Waals surface area contributed by atoms with Gasteiger partial charge in [-0.3, -0.25) is 9.36 Å². The number of hydrogen-bond donors (Lipinski definition) is 2. The number of amides is 1. The third kappa shape index (κ3) is 9.38. The van der Waals surface area contributed by atoms with Gasteiger partial charge in [0.15, 0.2) is 35.1 Å². The number of rotatable bonds is 16. The number of methoxy groups -OCH3 is 3. The second kappa shape index (κ2) is 19.5. The first-order valence-corrected chi connectivity index (χ1v) is 22.6. The first-order chi connectivity index (χ1) is 31.8. The summed E-state index contributed by atoms with van der Waals surface area (Å²) in [4.78, 5) is 39.1. The molecule has 18 heteroatoms. The molecule has 2 saturated heterocycles. The van der Waals surface area contributed by atoms with Crippen molar-refractivity contribution in [3.8, 4) is 11.5 Å². The Morgan fingerprint density at radius 2 is 1.45 bits per heavy atom. The number of imidazole rings is 1. The van der Waals surface area contributed by atoms with Crippen LogP contribution >= 0.6 is 8.25 Å². The normalized spacial score (nSPS) is 20.0. The van der Waals surface area contributed by atoms with Gasteiger partial charge in [-0.15, -0.1) is 9.42 Å². The Labute approximate surface area is 382 Å². The molecule has 4 heterocycles. The molecule has 0 bridgehead atoms. The second-order valence-electron chi connectivity index (χ2n) is 17.1. The van der Waals surface area contributed by atoms with Gasteiger partial charge in [0.2, 0.25) is 5.91 Å². The molecule has 1 amide bonds. The summed E-state index contributed by atoms with van der Waals surface area (Å²) < 4.78 is 73.9. The molecule has 0 spiro atoms. The van der Waals surface area contributed by atoms with Gasteiger partial charge in [-0.1, -0.05) is 87.5 Å². The predicted molar refractivity (Wildman–Crippen MR) is 243 cm³/mol. The molecule has 2 aromatic heterocycles. The number of nitrogens with one attached hydrogen (secondary N) is 1. The number of halogens is 1.